The minimum absolute atomic E-state index is 0.108. The van der Waals surface area contributed by atoms with E-state index >= 15 is 0 Å². The first kappa shape index (κ1) is 22.0. The summed E-state index contributed by atoms with van der Waals surface area (Å²) in [6.45, 7) is 2.66. The predicted octanol–water partition coefficient (Wildman–Crippen LogP) is 2.12. The Morgan fingerprint density at radius 3 is 2.40 bits per heavy atom. The number of hydrogen-bond donors (Lipinski definition) is 3. The summed E-state index contributed by atoms with van der Waals surface area (Å²) in [6.07, 6.45) is -0.298. The number of piperazine rings is 1. The molecular weight excluding hydrogens is 501 g/mol. The number of nitrogens with one attached hydrogen (secondary N) is 2. The van der Waals surface area contributed by atoms with Crippen LogP contribution in [0.1, 0.15) is 15.9 Å². The third-order valence-electron chi connectivity index (χ3n) is 4.67. The molecule has 2 amide bonds. The van der Waals surface area contributed by atoms with Gasteiger partial charge in [0.15, 0.2) is 0 Å². The standard InChI is InChI=1S/C21H22IN3O5/c22-17-4-2-1-3-16(17)19(26)24-18(20(27)28)13-14-5-7-15(8-6-14)30-21(29)25-11-9-23-10-12-25/h1-8,18,23H,9-13H2,(H,24,26)(H,27,28)/t18-/m0/s1. The van der Waals surface area contributed by atoms with Gasteiger partial charge < -0.3 is 25.4 Å². The zero-order chi connectivity index (χ0) is 21.5. The topological polar surface area (TPSA) is 108 Å². The second-order valence-electron chi connectivity index (χ2n) is 6.80. The normalized spacial score (nSPS) is 14.6. The van der Waals surface area contributed by atoms with Crippen LogP contribution in [0.4, 0.5) is 4.79 Å². The number of ether oxygens (including phenoxy) is 1. The van der Waals surface area contributed by atoms with Gasteiger partial charge in [0, 0.05) is 36.2 Å². The van der Waals surface area contributed by atoms with Crippen molar-refractivity contribution in [2.24, 2.45) is 0 Å². The van der Waals surface area contributed by atoms with Crippen LogP contribution in [0.5, 0.6) is 5.75 Å². The number of carbonyl (C=O) groups excluding carboxylic acids is 2. The third kappa shape index (κ3) is 5.92. The van der Waals surface area contributed by atoms with Crippen molar-refractivity contribution in [3.63, 3.8) is 0 Å². The van der Waals surface area contributed by atoms with Crippen molar-refractivity contribution in [2.75, 3.05) is 26.2 Å². The highest BCUT2D eigenvalue weighted by atomic mass is 127. The number of nitrogens with zero attached hydrogens (tertiary/aromatic N) is 1. The van der Waals surface area contributed by atoms with Gasteiger partial charge in [-0.3, -0.25) is 4.79 Å². The number of carboxylic acid groups (broad SMARTS) is 1. The van der Waals surface area contributed by atoms with Crippen LogP contribution in [0.3, 0.4) is 0 Å². The van der Waals surface area contributed by atoms with Gasteiger partial charge in [-0.25, -0.2) is 9.59 Å². The summed E-state index contributed by atoms with van der Waals surface area (Å²) >= 11 is 2.04. The van der Waals surface area contributed by atoms with Crippen LogP contribution < -0.4 is 15.4 Å². The second kappa shape index (κ2) is 10.4. The van der Waals surface area contributed by atoms with E-state index in [1.165, 1.54) is 0 Å². The highest BCUT2D eigenvalue weighted by Crippen LogP contribution is 2.16. The molecule has 1 heterocycles. The Kier molecular flexibility index (Phi) is 7.63. The van der Waals surface area contributed by atoms with E-state index in [-0.39, 0.29) is 6.42 Å². The lowest BCUT2D eigenvalue weighted by atomic mass is 10.1. The molecule has 9 heteroatoms. The maximum Gasteiger partial charge on any atom is 0.415 e. The first-order valence-electron chi connectivity index (χ1n) is 9.48. The Morgan fingerprint density at radius 2 is 1.77 bits per heavy atom. The summed E-state index contributed by atoms with van der Waals surface area (Å²) in [6, 6.07) is 12.5. The number of carbonyl (C=O) groups is 3. The molecule has 8 nitrogen and oxygen atoms in total. The molecule has 1 aliphatic rings. The van der Waals surface area contributed by atoms with Crippen molar-refractivity contribution in [2.45, 2.75) is 12.5 Å². The second-order valence-corrected chi connectivity index (χ2v) is 7.96. The average molecular weight is 523 g/mol. The predicted molar refractivity (Wildman–Crippen MR) is 119 cm³/mol. The number of halogens is 1. The molecule has 0 spiro atoms. The highest BCUT2D eigenvalue weighted by Gasteiger charge is 2.22. The fraction of sp³-hybridized carbons (Fsp3) is 0.286. The van der Waals surface area contributed by atoms with Gasteiger partial charge in [0.1, 0.15) is 11.8 Å². The van der Waals surface area contributed by atoms with Crippen LogP contribution in [0.15, 0.2) is 48.5 Å². The van der Waals surface area contributed by atoms with Crippen LogP contribution >= 0.6 is 22.6 Å². The molecule has 0 aromatic heterocycles. The minimum atomic E-state index is -1.12. The molecule has 30 heavy (non-hydrogen) atoms. The molecule has 1 saturated heterocycles. The largest absolute Gasteiger partial charge is 0.480 e. The SMILES string of the molecule is O=C(N[C@@H](Cc1ccc(OC(=O)N2CCNCC2)cc1)C(=O)O)c1ccccc1I. The van der Waals surface area contributed by atoms with Crippen molar-refractivity contribution < 1.29 is 24.2 Å². The lowest BCUT2D eigenvalue weighted by molar-refractivity contribution is -0.139. The van der Waals surface area contributed by atoms with Crippen molar-refractivity contribution in [3.05, 3.63) is 63.2 Å². The van der Waals surface area contributed by atoms with Crippen LogP contribution in [-0.2, 0) is 11.2 Å². The molecule has 3 N–H and O–H groups in total. The van der Waals surface area contributed by atoms with Crippen LogP contribution in [0, 0.1) is 3.57 Å². The maximum atomic E-state index is 12.5. The minimum Gasteiger partial charge on any atom is -0.480 e. The van der Waals surface area contributed by atoms with Crippen LogP contribution in [-0.4, -0.2) is 60.2 Å². The van der Waals surface area contributed by atoms with E-state index in [2.05, 4.69) is 10.6 Å². The molecule has 3 rings (SSSR count). The highest BCUT2D eigenvalue weighted by molar-refractivity contribution is 14.1. The van der Waals surface area contributed by atoms with E-state index in [4.69, 9.17) is 4.74 Å². The van der Waals surface area contributed by atoms with E-state index in [1.54, 1.807) is 47.4 Å². The van der Waals surface area contributed by atoms with Gasteiger partial charge in [0.2, 0.25) is 0 Å². The summed E-state index contributed by atoms with van der Waals surface area (Å²) in [5.74, 6) is -1.17. The fourth-order valence-corrected chi connectivity index (χ4v) is 3.66. The monoisotopic (exact) mass is 523 g/mol. The van der Waals surface area contributed by atoms with Crippen molar-refractivity contribution in [1.82, 2.24) is 15.5 Å². The smallest absolute Gasteiger partial charge is 0.415 e. The van der Waals surface area contributed by atoms with Crippen LogP contribution in [0.25, 0.3) is 0 Å². The van der Waals surface area contributed by atoms with E-state index in [0.717, 1.165) is 16.7 Å². The van der Waals surface area contributed by atoms with Gasteiger partial charge in [0.25, 0.3) is 5.91 Å². The van der Waals surface area contributed by atoms with E-state index in [9.17, 15) is 19.5 Å². The number of carboxylic acids is 1. The van der Waals surface area contributed by atoms with Crippen molar-refractivity contribution in [1.29, 1.82) is 0 Å². The molecule has 1 fully saturated rings. The number of rotatable bonds is 6. The van der Waals surface area contributed by atoms with E-state index in [1.807, 2.05) is 28.7 Å². The summed E-state index contributed by atoms with van der Waals surface area (Å²) in [5.41, 5.74) is 1.13. The Hall–Kier alpha value is -2.66. The molecule has 2 aromatic carbocycles. The van der Waals surface area contributed by atoms with E-state index in [0.29, 0.717) is 30.0 Å². The Labute approximate surface area is 187 Å². The first-order valence-corrected chi connectivity index (χ1v) is 10.6. The molecule has 1 aliphatic heterocycles. The van der Waals surface area contributed by atoms with Gasteiger partial charge in [-0.1, -0.05) is 24.3 Å². The zero-order valence-corrected chi connectivity index (χ0v) is 18.3. The lowest BCUT2D eigenvalue weighted by Gasteiger charge is -2.26. The third-order valence-corrected chi connectivity index (χ3v) is 5.61. The maximum absolute atomic E-state index is 12.5. The van der Waals surface area contributed by atoms with Gasteiger partial charge >= 0.3 is 12.1 Å². The molecule has 2 aromatic rings. The van der Waals surface area contributed by atoms with Gasteiger partial charge in [-0.2, -0.15) is 0 Å². The molecular formula is C21H22IN3O5. The molecule has 158 valence electrons. The van der Waals surface area contributed by atoms with E-state index < -0.39 is 24.0 Å². The number of amides is 2. The quantitative estimate of drug-likeness (QED) is 0.501. The Balaban J connectivity index is 1.60. The summed E-state index contributed by atoms with van der Waals surface area (Å²) in [7, 11) is 0. The molecule has 1 atom stereocenters. The first-order chi connectivity index (χ1) is 14.4. The lowest BCUT2D eigenvalue weighted by Crippen LogP contribution is -2.47. The van der Waals surface area contributed by atoms with Crippen LogP contribution in [0.2, 0.25) is 0 Å². The van der Waals surface area contributed by atoms with Crippen molar-refractivity contribution >= 4 is 40.6 Å². The van der Waals surface area contributed by atoms with Gasteiger partial charge in [-0.15, -0.1) is 0 Å². The molecule has 0 bridgehead atoms. The zero-order valence-electron chi connectivity index (χ0n) is 16.1. The molecule has 0 aliphatic carbocycles. The van der Waals surface area contributed by atoms with Gasteiger partial charge in [0.05, 0.1) is 5.56 Å². The molecule has 0 unspecified atom stereocenters. The average Bonchev–Trinajstić information content (AvgIpc) is 2.75. The summed E-state index contributed by atoms with van der Waals surface area (Å²) in [4.78, 5) is 37.9. The molecule has 0 saturated carbocycles. The Bertz CT molecular complexity index is 913. The number of hydrogen-bond acceptors (Lipinski definition) is 5. The fourth-order valence-electron chi connectivity index (χ4n) is 3.02. The number of aliphatic carboxylic acids is 1. The van der Waals surface area contributed by atoms with Gasteiger partial charge in [-0.05, 0) is 52.4 Å². The Morgan fingerprint density at radius 1 is 1.10 bits per heavy atom. The summed E-state index contributed by atoms with van der Waals surface area (Å²) in [5, 5.41) is 15.3. The summed E-state index contributed by atoms with van der Waals surface area (Å²) < 4.78 is 6.11. The van der Waals surface area contributed by atoms with Crippen molar-refractivity contribution in [3.8, 4) is 5.75 Å². The molecule has 0 radical (unpaired) electrons. The number of benzene rings is 2.